The van der Waals surface area contributed by atoms with Crippen LogP contribution in [0.5, 0.6) is 0 Å². The maximum Gasteiger partial charge on any atom is 0.324 e. The third kappa shape index (κ3) is 11.6. The number of nitrogens with zero attached hydrogens (tertiary/aromatic N) is 6. The topological polar surface area (TPSA) is 173 Å². The van der Waals surface area contributed by atoms with E-state index in [9.17, 15) is 19.2 Å². The van der Waals surface area contributed by atoms with Crippen LogP contribution in [0.15, 0.2) is 52.2 Å². The van der Waals surface area contributed by atoms with E-state index < -0.39 is 40.8 Å². The molecule has 0 aliphatic carbocycles. The van der Waals surface area contributed by atoms with Gasteiger partial charge in [0.05, 0.1) is 54.0 Å². The Kier molecular flexibility index (Phi) is 16.6. The van der Waals surface area contributed by atoms with Crippen LogP contribution >= 0.6 is 0 Å². The first-order valence-corrected chi connectivity index (χ1v) is 23.9. The smallest absolute Gasteiger partial charge is 0.324 e. The lowest BCUT2D eigenvalue weighted by Gasteiger charge is -2.38. The van der Waals surface area contributed by atoms with Crippen LogP contribution in [-0.2, 0) is 52.8 Å². The minimum absolute atomic E-state index is 0.0162. The van der Waals surface area contributed by atoms with Crippen LogP contribution < -0.4 is 10.7 Å². The van der Waals surface area contributed by atoms with Gasteiger partial charge in [0.15, 0.2) is 0 Å². The lowest BCUT2D eigenvalue weighted by atomic mass is 9.84. The average Bonchev–Trinajstić information content (AvgIpc) is 3.88. The van der Waals surface area contributed by atoms with Crippen molar-refractivity contribution in [3.63, 3.8) is 0 Å². The number of likely N-dealkylation sites (tertiary alicyclic amines) is 1. The number of aliphatic imine (C=N–C) groups is 1. The Morgan fingerprint density at radius 2 is 1.93 bits per heavy atom. The van der Waals surface area contributed by atoms with Gasteiger partial charge in [-0.05, 0) is 104 Å². The number of allylic oxidation sites excluding steroid dienone is 2. The van der Waals surface area contributed by atoms with Gasteiger partial charge in [0.1, 0.15) is 18.3 Å². The maximum absolute atomic E-state index is 14.5. The van der Waals surface area contributed by atoms with E-state index in [1.807, 2.05) is 72.7 Å². The molecular formula is C52H72N8O8. The summed E-state index contributed by atoms with van der Waals surface area (Å²) < 4.78 is 26.5. The van der Waals surface area contributed by atoms with E-state index >= 15 is 0 Å². The number of methoxy groups -OCH3 is 1. The summed E-state index contributed by atoms with van der Waals surface area (Å²) in [6.07, 6.45) is 6.07. The second kappa shape index (κ2) is 21.8. The van der Waals surface area contributed by atoms with Crippen molar-refractivity contribution in [1.29, 1.82) is 0 Å². The molecule has 368 valence electrons. The number of carbonyl (C=O) groups is 4. The lowest BCUT2D eigenvalue weighted by Crippen LogP contribution is -2.61. The predicted octanol–water partition coefficient (Wildman–Crippen LogP) is 5.83. The van der Waals surface area contributed by atoms with Crippen LogP contribution in [-0.4, -0.2) is 138 Å². The first-order chi connectivity index (χ1) is 32.2. The monoisotopic (exact) mass is 937 g/mol. The Labute approximate surface area is 401 Å². The van der Waals surface area contributed by atoms with Gasteiger partial charge >= 0.3 is 5.97 Å². The number of hydrogen-bond acceptors (Lipinski definition) is 12. The zero-order valence-corrected chi connectivity index (χ0v) is 42.2. The number of aromatic nitrogens is 2. The van der Waals surface area contributed by atoms with Gasteiger partial charge in [-0.15, -0.1) is 0 Å². The molecule has 6 bridgehead atoms. The van der Waals surface area contributed by atoms with Gasteiger partial charge in [-0.25, -0.2) is 10.4 Å². The Morgan fingerprint density at radius 1 is 1.19 bits per heavy atom. The summed E-state index contributed by atoms with van der Waals surface area (Å²) in [6.45, 7) is 24.0. The third-order valence-electron chi connectivity index (χ3n) is 13.4. The van der Waals surface area contributed by atoms with Crippen LogP contribution in [0, 0.1) is 29.1 Å². The summed E-state index contributed by atoms with van der Waals surface area (Å²) in [4.78, 5) is 68.7. The van der Waals surface area contributed by atoms with Crippen molar-refractivity contribution in [3.8, 4) is 23.3 Å². The number of amides is 3. The zero-order chi connectivity index (χ0) is 49.7. The number of nitrogens with one attached hydrogen (secondary N) is 2. The molecule has 16 heteroatoms. The number of aryl methyl sites for hydroxylation is 1. The fourth-order valence-corrected chi connectivity index (χ4v) is 8.68. The van der Waals surface area contributed by atoms with Crippen LogP contribution in [0.1, 0.15) is 92.1 Å². The first kappa shape index (κ1) is 51.8. The van der Waals surface area contributed by atoms with E-state index in [1.165, 1.54) is 11.3 Å². The Hall–Kier alpha value is -5.60. The van der Waals surface area contributed by atoms with Gasteiger partial charge < -0.3 is 33.4 Å². The molecule has 0 unspecified atom stereocenters. The molecule has 0 radical (unpaired) electrons. The highest BCUT2D eigenvalue weighted by molar-refractivity contribution is 5.96. The molecular weight excluding hydrogens is 865 g/mol. The number of carbonyl (C=O) groups excluding carboxylic acids is 4. The Balaban J connectivity index is 1.33. The minimum Gasteiger partial charge on any atom is -0.464 e. The molecule has 2 aromatic heterocycles. The van der Waals surface area contributed by atoms with Gasteiger partial charge in [-0.2, -0.15) is 0 Å². The number of benzene rings is 1. The molecule has 3 aromatic rings. The Bertz CT molecular complexity index is 2480. The number of fused-ring (bicyclic) bond motifs is 6. The molecule has 0 saturated carbocycles. The molecule has 2 saturated heterocycles. The number of rotatable bonds is 13. The highest BCUT2D eigenvalue weighted by Gasteiger charge is 2.38. The quantitative estimate of drug-likeness (QED) is 0.0915. The fourth-order valence-electron chi connectivity index (χ4n) is 8.68. The van der Waals surface area contributed by atoms with E-state index in [0.717, 1.165) is 39.0 Å². The van der Waals surface area contributed by atoms with E-state index in [2.05, 4.69) is 66.6 Å². The minimum atomic E-state index is -1.07. The van der Waals surface area contributed by atoms with Gasteiger partial charge in [-0.3, -0.25) is 34.1 Å². The summed E-state index contributed by atoms with van der Waals surface area (Å²) in [6, 6.07) is 4.24. The number of cyclic esters (lactones) is 1. The third-order valence-corrected chi connectivity index (χ3v) is 13.4. The molecule has 5 heterocycles. The van der Waals surface area contributed by atoms with E-state index in [0.29, 0.717) is 57.0 Å². The second-order valence-corrected chi connectivity index (χ2v) is 20.0. The molecule has 1 aromatic carbocycles. The van der Waals surface area contributed by atoms with Crippen molar-refractivity contribution in [2.75, 3.05) is 54.1 Å². The zero-order valence-electron chi connectivity index (χ0n) is 42.2. The standard InChI is InChI=1S/C52H72N8O8/c1-14-37(45(53-15-2)33(6)65-13)46-39-26-51(7,8)31-68-50(64)41-18-17-23-60(56-41)49(63)42(25-35-29-67-48(54-35)34-19-20-43(38(39)24-34)59(46)16-3)55-47(62)40(32(4)5)30-66-36-27-58(28-36)44(61)21-22-52(9,10)57(11)12/h14-15,19-20,24,29,32-33,36,40-42,56H,1,16-18,23,25-28,30-31H2,2-13H3,(H,55,62)/b45-37+,53-15-/t33-,40-,41-,42-/m0/s1. The highest BCUT2D eigenvalue weighted by Crippen LogP contribution is 2.40. The van der Waals surface area contributed by atoms with E-state index in [-0.39, 0.29) is 49.6 Å². The summed E-state index contributed by atoms with van der Waals surface area (Å²) in [5, 5.41) is 5.42. The van der Waals surface area contributed by atoms with E-state index in [1.54, 1.807) is 18.2 Å². The molecule has 68 heavy (non-hydrogen) atoms. The average molecular weight is 937 g/mol. The SMILES string of the molecule is C=C/C(=C(\N=C/C)[C@H](C)OC)c1c2c3cc(ccc3n1CC)-c1nc(co1)C[C@H](NC(=O)[C@@H](COC1CN(C(=O)C#CC(C)(C)N(C)C)C1)C(C)C)C(=O)N1CCC[C@H](N1)C(=O)OCC(C)(C)C2. The first-order valence-electron chi connectivity index (χ1n) is 23.9. The van der Waals surface area contributed by atoms with Crippen molar-refractivity contribution < 1.29 is 37.8 Å². The van der Waals surface area contributed by atoms with Crippen LogP contribution in [0.25, 0.3) is 27.9 Å². The molecule has 3 aliphatic heterocycles. The Morgan fingerprint density at radius 3 is 2.57 bits per heavy atom. The van der Waals surface area contributed by atoms with Crippen molar-refractivity contribution >= 4 is 46.4 Å². The molecule has 3 amide bonds. The molecule has 6 rings (SSSR count). The molecule has 2 N–H and O–H groups in total. The predicted molar refractivity (Wildman–Crippen MR) is 263 cm³/mol. The van der Waals surface area contributed by atoms with Crippen molar-refractivity contribution in [3.05, 3.63) is 59.8 Å². The highest BCUT2D eigenvalue weighted by atomic mass is 16.5. The lowest BCUT2D eigenvalue weighted by molar-refractivity contribution is -0.155. The second-order valence-electron chi connectivity index (χ2n) is 20.0. The summed E-state index contributed by atoms with van der Waals surface area (Å²) in [5.41, 5.74) is 7.85. The van der Waals surface area contributed by atoms with E-state index in [4.69, 9.17) is 28.6 Å². The molecule has 3 aliphatic rings. The number of ether oxygens (including phenoxy) is 3. The normalized spacial score (nSPS) is 20.6. The van der Waals surface area contributed by atoms with Gasteiger partial charge in [0.25, 0.3) is 11.8 Å². The number of hydrogen-bond donors (Lipinski definition) is 2. The molecule has 2 fully saturated rings. The number of oxazole rings is 1. The van der Waals surface area contributed by atoms with Crippen molar-refractivity contribution in [2.24, 2.45) is 22.2 Å². The van der Waals surface area contributed by atoms with Gasteiger partial charge in [0.2, 0.25) is 11.8 Å². The van der Waals surface area contributed by atoms with Crippen LogP contribution in [0.3, 0.4) is 0 Å². The summed E-state index contributed by atoms with van der Waals surface area (Å²) in [7, 11) is 5.49. The largest absolute Gasteiger partial charge is 0.464 e. The van der Waals surface area contributed by atoms with Crippen molar-refractivity contribution in [2.45, 2.75) is 124 Å². The molecule has 0 spiro atoms. The molecule has 4 atom stereocenters. The van der Waals surface area contributed by atoms with Gasteiger partial charge in [0, 0.05) is 73.4 Å². The summed E-state index contributed by atoms with van der Waals surface area (Å²) >= 11 is 0. The van der Waals surface area contributed by atoms with Crippen LogP contribution in [0.2, 0.25) is 0 Å². The number of esters is 1. The van der Waals surface area contributed by atoms with Gasteiger partial charge in [-0.1, -0.05) is 46.3 Å². The fraction of sp³-hybridized carbons (Fsp3) is 0.577. The van der Waals surface area contributed by atoms with Crippen LogP contribution in [0.4, 0.5) is 0 Å². The van der Waals surface area contributed by atoms with Crippen molar-refractivity contribution in [1.82, 2.24) is 35.1 Å². The molecule has 16 nitrogen and oxygen atoms in total. The maximum atomic E-state index is 14.5. The summed E-state index contributed by atoms with van der Waals surface area (Å²) in [5.74, 6) is 3.88. The number of hydrazine groups is 1.